The van der Waals surface area contributed by atoms with E-state index in [-0.39, 0.29) is 11.8 Å². The molecule has 1 unspecified atom stereocenters. The van der Waals surface area contributed by atoms with E-state index in [0.717, 1.165) is 25.9 Å². The molecular formula is C18H28Cl2N2O3S. The minimum Gasteiger partial charge on any atom is -0.379 e. The zero-order valence-corrected chi connectivity index (χ0v) is 17.7. The predicted octanol–water partition coefficient (Wildman–Crippen LogP) is 3.55. The number of rotatable bonds is 9. The Kier molecular flexibility index (Phi) is 8.64. The van der Waals surface area contributed by atoms with E-state index >= 15 is 0 Å². The summed E-state index contributed by atoms with van der Waals surface area (Å²) in [7, 11) is -3.46. The van der Waals surface area contributed by atoms with E-state index in [1.165, 1.54) is 0 Å². The summed E-state index contributed by atoms with van der Waals surface area (Å²) < 4.78 is 33.3. The number of nitrogens with one attached hydrogen (secondary N) is 1. The molecule has 0 aromatic heterocycles. The number of nitrogens with zero attached hydrogens (tertiary/aromatic N) is 1. The Balaban J connectivity index is 2.03. The number of halogens is 2. The Morgan fingerprint density at radius 2 is 1.81 bits per heavy atom. The lowest BCUT2D eigenvalue weighted by atomic mass is 9.92. The number of benzene rings is 1. The minimum absolute atomic E-state index is 0.108. The van der Waals surface area contributed by atoms with Gasteiger partial charge in [-0.2, -0.15) is 0 Å². The lowest BCUT2D eigenvalue weighted by molar-refractivity contribution is 0.00297. The fourth-order valence-electron chi connectivity index (χ4n) is 3.45. The maximum absolute atomic E-state index is 12.6. The van der Waals surface area contributed by atoms with Gasteiger partial charge in [0.2, 0.25) is 10.0 Å². The lowest BCUT2D eigenvalue weighted by Gasteiger charge is -2.38. The van der Waals surface area contributed by atoms with Gasteiger partial charge in [0, 0.05) is 25.7 Å². The zero-order chi connectivity index (χ0) is 19.2. The Hall–Kier alpha value is -0.370. The molecule has 0 bridgehead atoms. The van der Waals surface area contributed by atoms with Crippen LogP contribution in [0.4, 0.5) is 0 Å². The minimum atomic E-state index is -3.46. The lowest BCUT2D eigenvalue weighted by Crippen LogP contribution is -2.52. The number of hydrogen-bond acceptors (Lipinski definition) is 4. The second kappa shape index (κ2) is 10.2. The molecule has 1 heterocycles. The SMILES string of the molecule is CCC(CC)C(CNS(=O)(=O)Cc1ccc(Cl)c(Cl)c1)N1CCOCC1. The molecule has 1 atom stereocenters. The maximum atomic E-state index is 12.6. The fourth-order valence-corrected chi connectivity index (χ4v) is 4.91. The molecule has 0 saturated carbocycles. The average Bonchev–Trinajstić information content (AvgIpc) is 2.62. The van der Waals surface area contributed by atoms with Gasteiger partial charge in [0.25, 0.3) is 0 Å². The van der Waals surface area contributed by atoms with Crippen LogP contribution in [0.2, 0.25) is 10.0 Å². The van der Waals surface area contributed by atoms with Crippen molar-refractivity contribution >= 4 is 33.2 Å². The van der Waals surface area contributed by atoms with E-state index in [2.05, 4.69) is 23.5 Å². The standard InChI is InChI=1S/C18H28Cl2N2O3S/c1-3-15(4-2)18(22-7-9-25-10-8-22)12-21-26(23,24)13-14-5-6-16(19)17(20)11-14/h5-6,11,15,18,21H,3-4,7-10,12-13H2,1-2H3. The number of morpholine rings is 1. The van der Waals surface area contributed by atoms with Gasteiger partial charge in [0.15, 0.2) is 0 Å². The van der Waals surface area contributed by atoms with Crippen LogP contribution in [-0.2, 0) is 20.5 Å². The molecule has 0 spiro atoms. The quantitative estimate of drug-likeness (QED) is 0.660. The summed E-state index contributed by atoms with van der Waals surface area (Å²) in [4.78, 5) is 2.35. The maximum Gasteiger partial charge on any atom is 0.215 e. The van der Waals surface area contributed by atoms with Gasteiger partial charge in [-0.15, -0.1) is 0 Å². The van der Waals surface area contributed by atoms with Gasteiger partial charge in [-0.25, -0.2) is 13.1 Å². The van der Waals surface area contributed by atoms with Crippen LogP contribution in [0.3, 0.4) is 0 Å². The van der Waals surface area contributed by atoms with E-state index in [0.29, 0.717) is 41.3 Å². The predicted molar refractivity (Wildman–Crippen MR) is 107 cm³/mol. The van der Waals surface area contributed by atoms with Crippen LogP contribution >= 0.6 is 23.2 Å². The van der Waals surface area contributed by atoms with Gasteiger partial charge in [-0.3, -0.25) is 4.90 Å². The summed E-state index contributed by atoms with van der Waals surface area (Å²) in [5.41, 5.74) is 0.623. The third kappa shape index (κ3) is 6.36. The van der Waals surface area contributed by atoms with Gasteiger partial charge in [-0.05, 0) is 23.6 Å². The smallest absolute Gasteiger partial charge is 0.215 e. The number of ether oxygens (including phenoxy) is 1. The molecular weight excluding hydrogens is 395 g/mol. The highest BCUT2D eigenvalue weighted by Crippen LogP contribution is 2.24. The Labute approximate surface area is 167 Å². The molecule has 0 amide bonds. The summed E-state index contributed by atoms with van der Waals surface area (Å²) in [6.45, 7) is 7.82. The second-order valence-corrected chi connectivity index (χ2v) is 9.27. The van der Waals surface area contributed by atoms with Crippen molar-refractivity contribution in [1.82, 2.24) is 9.62 Å². The van der Waals surface area contributed by atoms with Crippen LogP contribution < -0.4 is 4.72 Å². The van der Waals surface area contributed by atoms with Crippen molar-refractivity contribution in [2.45, 2.75) is 38.5 Å². The van der Waals surface area contributed by atoms with Crippen LogP contribution in [-0.4, -0.2) is 52.2 Å². The molecule has 1 N–H and O–H groups in total. The van der Waals surface area contributed by atoms with Gasteiger partial charge >= 0.3 is 0 Å². The van der Waals surface area contributed by atoms with E-state index in [1.54, 1.807) is 18.2 Å². The van der Waals surface area contributed by atoms with Crippen LogP contribution in [0.5, 0.6) is 0 Å². The van der Waals surface area contributed by atoms with Crippen molar-refractivity contribution in [1.29, 1.82) is 0 Å². The molecule has 1 fully saturated rings. The molecule has 0 aliphatic carbocycles. The molecule has 8 heteroatoms. The number of hydrogen-bond donors (Lipinski definition) is 1. The summed E-state index contributed by atoms with van der Waals surface area (Å²) in [5, 5.41) is 0.782. The van der Waals surface area contributed by atoms with Crippen molar-refractivity contribution in [3.05, 3.63) is 33.8 Å². The van der Waals surface area contributed by atoms with Gasteiger partial charge < -0.3 is 4.74 Å². The van der Waals surface area contributed by atoms with Crippen molar-refractivity contribution in [3.63, 3.8) is 0 Å². The summed E-state index contributed by atoms with van der Waals surface area (Å²) in [6, 6.07) is 5.09. The van der Waals surface area contributed by atoms with Crippen molar-refractivity contribution < 1.29 is 13.2 Å². The van der Waals surface area contributed by atoms with Gasteiger partial charge in [-0.1, -0.05) is 56.0 Å². The van der Waals surface area contributed by atoms with E-state index < -0.39 is 10.0 Å². The van der Waals surface area contributed by atoms with E-state index in [1.807, 2.05) is 0 Å². The summed E-state index contributed by atoms with van der Waals surface area (Å²) in [5.74, 6) is 0.337. The third-order valence-electron chi connectivity index (χ3n) is 4.96. The van der Waals surface area contributed by atoms with Crippen LogP contribution in [0.15, 0.2) is 18.2 Å². The molecule has 0 radical (unpaired) electrons. The fraction of sp³-hybridized carbons (Fsp3) is 0.667. The molecule has 1 aliphatic rings. The van der Waals surface area contributed by atoms with Crippen LogP contribution in [0.1, 0.15) is 32.3 Å². The van der Waals surface area contributed by atoms with Gasteiger partial charge in [0.05, 0.1) is 29.0 Å². The molecule has 148 valence electrons. The first-order chi connectivity index (χ1) is 12.4. The van der Waals surface area contributed by atoms with Crippen LogP contribution in [0, 0.1) is 5.92 Å². The van der Waals surface area contributed by atoms with Crippen molar-refractivity contribution in [2.24, 2.45) is 5.92 Å². The van der Waals surface area contributed by atoms with E-state index in [4.69, 9.17) is 27.9 Å². The highest BCUT2D eigenvalue weighted by Gasteiger charge is 2.28. The second-order valence-electron chi connectivity index (χ2n) is 6.65. The highest BCUT2D eigenvalue weighted by molar-refractivity contribution is 7.88. The highest BCUT2D eigenvalue weighted by atomic mass is 35.5. The monoisotopic (exact) mass is 422 g/mol. The summed E-state index contributed by atoms with van der Waals surface area (Å²) >= 11 is 11.9. The van der Waals surface area contributed by atoms with Crippen molar-refractivity contribution in [3.8, 4) is 0 Å². The Bertz CT molecular complexity index is 675. The Morgan fingerprint density at radius 1 is 1.15 bits per heavy atom. The first-order valence-corrected chi connectivity index (χ1v) is 11.5. The first-order valence-electron chi connectivity index (χ1n) is 9.09. The molecule has 1 aliphatic heterocycles. The topological polar surface area (TPSA) is 58.6 Å². The zero-order valence-electron chi connectivity index (χ0n) is 15.4. The van der Waals surface area contributed by atoms with E-state index in [9.17, 15) is 8.42 Å². The molecule has 1 aromatic carbocycles. The molecule has 1 aromatic rings. The third-order valence-corrected chi connectivity index (χ3v) is 7.02. The number of sulfonamides is 1. The normalized spacial score (nSPS) is 17.6. The summed E-state index contributed by atoms with van der Waals surface area (Å²) in [6.07, 6.45) is 2.04. The molecule has 5 nitrogen and oxygen atoms in total. The Morgan fingerprint density at radius 3 is 2.38 bits per heavy atom. The average molecular weight is 423 g/mol. The molecule has 26 heavy (non-hydrogen) atoms. The largest absolute Gasteiger partial charge is 0.379 e. The molecule has 2 rings (SSSR count). The molecule has 1 saturated heterocycles. The van der Waals surface area contributed by atoms with Crippen LogP contribution in [0.25, 0.3) is 0 Å². The van der Waals surface area contributed by atoms with Crippen molar-refractivity contribution in [2.75, 3.05) is 32.8 Å². The van der Waals surface area contributed by atoms with Gasteiger partial charge in [0.1, 0.15) is 0 Å². The first kappa shape index (κ1) is 21.9.